The van der Waals surface area contributed by atoms with Crippen LogP contribution >= 0.6 is 11.3 Å². The third kappa shape index (κ3) is 3.62. The van der Waals surface area contributed by atoms with E-state index in [4.69, 9.17) is 4.74 Å². The molecule has 0 bridgehead atoms. The number of nitrogens with one attached hydrogen (secondary N) is 1. The normalized spacial score (nSPS) is 18.2. The number of benzene rings is 1. The summed E-state index contributed by atoms with van der Waals surface area (Å²) in [4.78, 5) is 1.32. The van der Waals surface area contributed by atoms with E-state index in [2.05, 4.69) is 18.3 Å². The summed E-state index contributed by atoms with van der Waals surface area (Å²) in [6, 6.07) is 7.65. The van der Waals surface area contributed by atoms with Gasteiger partial charge in [0.05, 0.1) is 0 Å². The number of halogens is 1. The van der Waals surface area contributed by atoms with Crippen molar-refractivity contribution in [2.24, 2.45) is 5.92 Å². The first-order valence-corrected chi connectivity index (χ1v) is 8.58. The second kappa shape index (κ2) is 6.86. The molecule has 1 N–H and O–H groups in total. The van der Waals surface area contributed by atoms with Gasteiger partial charge in [0.1, 0.15) is 5.82 Å². The number of hydrogen-bond acceptors (Lipinski definition) is 3. The first kappa shape index (κ1) is 14.9. The first-order valence-electron chi connectivity index (χ1n) is 7.76. The highest BCUT2D eigenvalue weighted by Crippen LogP contribution is 2.35. The van der Waals surface area contributed by atoms with Crippen LogP contribution in [0.5, 0.6) is 0 Å². The van der Waals surface area contributed by atoms with Crippen molar-refractivity contribution >= 4 is 21.4 Å². The maximum Gasteiger partial charge on any atom is 0.124 e. The molecule has 1 atom stereocenters. The van der Waals surface area contributed by atoms with Crippen LogP contribution in [-0.4, -0.2) is 19.8 Å². The molecule has 1 aliphatic heterocycles. The predicted molar refractivity (Wildman–Crippen MR) is 86.4 cm³/mol. The highest BCUT2D eigenvalue weighted by atomic mass is 32.1. The summed E-state index contributed by atoms with van der Waals surface area (Å²) < 4.78 is 19.8. The lowest BCUT2D eigenvalue weighted by Crippen LogP contribution is -2.25. The largest absolute Gasteiger partial charge is 0.381 e. The van der Waals surface area contributed by atoms with Crippen molar-refractivity contribution in [1.82, 2.24) is 5.32 Å². The molecule has 0 spiro atoms. The average molecular weight is 307 g/mol. The van der Waals surface area contributed by atoms with Gasteiger partial charge in [-0.15, -0.1) is 11.3 Å². The van der Waals surface area contributed by atoms with Crippen LogP contribution < -0.4 is 5.32 Å². The molecular formula is C17H22FNOS. The number of fused-ring (bicyclic) bond motifs is 1. The monoisotopic (exact) mass is 307 g/mol. The molecule has 1 aromatic carbocycles. The molecule has 0 radical (unpaired) electrons. The predicted octanol–water partition coefficient (Wildman–Crippen LogP) is 4.51. The molecule has 21 heavy (non-hydrogen) atoms. The Kier molecular flexibility index (Phi) is 4.88. The van der Waals surface area contributed by atoms with Crippen molar-refractivity contribution < 1.29 is 9.13 Å². The summed E-state index contributed by atoms with van der Waals surface area (Å²) in [6.45, 7) is 4.88. The summed E-state index contributed by atoms with van der Waals surface area (Å²) in [5.74, 6) is 0.574. The molecular weight excluding hydrogens is 285 g/mol. The fourth-order valence-corrected chi connectivity index (χ4v) is 4.24. The summed E-state index contributed by atoms with van der Waals surface area (Å²) in [6.07, 6.45) is 3.45. The van der Waals surface area contributed by atoms with E-state index in [0.717, 1.165) is 55.0 Å². The molecule has 3 rings (SSSR count). The van der Waals surface area contributed by atoms with Gasteiger partial charge in [-0.1, -0.05) is 13.0 Å². The third-order valence-electron chi connectivity index (χ3n) is 4.21. The van der Waals surface area contributed by atoms with E-state index in [0.29, 0.717) is 6.04 Å². The highest BCUT2D eigenvalue weighted by Gasteiger charge is 2.21. The molecule has 0 amide bonds. The van der Waals surface area contributed by atoms with Crippen molar-refractivity contribution in [3.8, 4) is 0 Å². The van der Waals surface area contributed by atoms with Crippen molar-refractivity contribution in [2.45, 2.75) is 32.2 Å². The van der Waals surface area contributed by atoms with Gasteiger partial charge in [-0.3, -0.25) is 0 Å². The van der Waals surface area contributed by atoms with Gasteiger partial charge >= 0.3 is 0 Å². The Morgan fingerprint density at radius 3 is 2.90 bits per heavy atom. The van der Waals surface area contributed by atoms with Gasteiger partial charge in [0, 0.05) is 28.8 Å². The zero-order chi connectivity index (χ0) is 14.7. The van der Waals surface area contributed by atoms with E-state index in [9.17, 15) is 4.39 Å². The molecule has 2 heterocycles. The SMILES string of the molecule is CCNC(CC1CCOCC1)c1cc2ccc(F)cc2s1. The smallest absolute Gasteiger partial charge is 0.124 e. The maximum absolute atomic E-state index is 13.3. The number of hydrogen-bond donors (Lipinski definition) is 1. The Bertz CT molecular complexity index is 591. The van der Waals surface area contributed by atoms with Gasteiger partial charge in [-0.05, 0) is 55.3 Å². The third-order valence-corrected chi connectivity index (χ3v) is 5.42. The lowest BCUT2D eigenvalue weighted by atomic mass is 9.92. The van der Waals surface area contributed by atoms with Crippen molar-refractivity contribution in [2.75, 3.05) is 19.8 Å². The van der Waals surface area contributed by atoms with Crippen molar-refractivity contribution in [3.63, 3.8) is 0 Å². The fraction of sp³-hybridized carbons (Fsp3) is 0.529. The molecule has 1 unspecified atom stereocenters. The van der Waals surface area contributed by atoms with Crippen LogP contribution in [0.25, 0.3) is 10.1 Å². The van der Waals surface area contributed by atoms with Crippen LogP contribution in [0.2, 0.25) is 0 Å². The van der Waals surface area contributed by atoms with Gasteiger partial charge in [-0.25, -0.2) is 4.39 Å². The standard InChI is InChI=1S/C17H22FNOS/c1-2-19-15(9-12-5-7-20-8-6-12)17-10-13-3-4-14(18)11-16(13)21-17/h3-4,10-12,15,19H,2,5-9H2,1H3. The fourth-order valence-electron chi connectivity index (χ4n) is 3.06. The van der Waals surface area contributed by atoms with Crippen molar-refractivity contribution in [1.29, 1.82) is 0 Å². The molecule has 0 saturated carbocycles. The minimum absolute atomic E-state index is 0.152. The van der Waals surface area contributed by atoms with E-state index in [-0.39, 0.29) is 5.82 Å². The summed E-state index contributed by atoms with van der Waals surface area (Å²) >= 11 is 1.71. The average Bonchev–Trinajstić information content (AvgIpc) is 2.91. The summed E-state index contributed by atoms with van der Waals surface area (Å²) in [5.41, 5.74) is 0. The summed E-state index contributed by atoms with van der Waals surface area (Å²) in [5, 5.41) is 4.74. The topological polar surface area (TPSA) is 21.3 Å². The lowest BCUT2D eigenvalue weighted by Gasteiger charge is -2.26. The van der Waals surface area contributed by atoms with Crippen LogP contribution in [0.15, 0.2) is 24.3 Å². The molecule has 1 saturated heterocycles. The molecule has 114 valence electrons. The Morgan fingerprint density at radius 1 is 1.33 bits per heavy atom. The molecule has 1 aliphatic rings. The van der Waals surface area contributed by atoms with E-state index >= 15 is 0 Å². The second-order valence-corrected chi connectivity index (χ2v) is 6.85. The lowest BCUT2D eigenvalue weighted by molar-refractivity contribution is 0.0607. The summed E-state index contributed by atoms with van der Waals surface area (Å²) in [7, 11) is 0. The van der Waals surface area contributed by atoms with Crippen molar-refractivity contribution in [3.05, 3.63) is 35.0 Å². The van der Waals surface area contributed by atoms with Gasteiger partial charge < -0.3 is 10.1 Å². The Morgan fingerprint density at radius 2 is 2.14 bits per heavy atom. The number of thiophene rings is 1. The van der Waals surface area contributed by atoms with Crippen LogP contribution in [0, 0.1) is 11.7 Å². The molecule has 2 aromatic rings. The quantitative estimate of drug-likeness (QED) is 0.877. The zero-order valence-corrected chi connectivity index (χ0v) is 13.2. The minimum atomic E-state index is -0.152. The van der Waals surface area contributed by atoms with E-state index in [1.54, 1.807) is 23.5 Å². The number of ether oxygens (including phenoxy) is 1. The van der Waals surface area contributed by atoms with Crippen LogP contribution in [-0.2, 0) is 4.74 Å². The maximum atomic E-state index is 13.3. The molecule has 1 fully saturated rings. The first-order chi connectivity index (χ1) is 10.3. The minimum Gasteiger partial charge on any atom is -0.381 e. The number of rotatable bonds is 5. The van der Waals surface area contributed by atoms with Crippen LogP contribution in [0.1, 0.15) is 37.1 Å². The molecule has 0 aliphatic carbocycles. The van der Waals surface area contributed by atoms with Gasteiger partial charge in [0.15, 0.2) is 0 Å². The zero-order valence-electron chi connectivity index (χ0n) is 12.4. The Labute approximate surface area is 129 Å². The molecule has 2 nitrogen and oxygen atoms in total. The second-order valence-electron chi connectivity index (χ2n) is 5.73. The Balaban J connectivity index is 1.80. The highest BCUT2D eigenvalue weighted by molar-refractivity contribution is 7.19. The van der Waals surface area contributed by atoms with Crippen LogP contribution in [0.4, 0.5) is 4.39 Å². The Hall–Kier alpha value is -0.970. The van der Waals surface area contributed by atoms with Gasteiger partial charge in [0.25, 0.3) is 0 Å². The van der Waals surface area contributed by atoms with Gasteiger partial charge in [-0.2, -0.15) is 0 Å². The van der Waals surface area contributed by atoms with Crippen LogP contribution in [0.3, 0.4) is 0 Å². The molecule has 4 heteroatoms. The van der Waals surface area contributed by atoms with E-state index < -0.39 is 0 Å². The molecule has 1 aromatic heterocycles. The van der Waals surface area contributed by atoms with E-state index in [1.807, 2.05) is 6.07 Å². The van der Waals surface area contributed by atoms with Gasteiger partial charge in [0.2, 0.25) is 0 Å². The van der Waals surface area contributed by atoms with E-state index in [1.165, 1.54) is 4.88 Å².